The van der Waals surface area contributed by atoms with Crippen molar-refractivity contribution in [2.75, 3.05) is 11.9 Å². The Bertz CT molecular complexity index is 866. The third-order valence-corrected chi connectivity index (χ3v) is 8.13. The Balaban J connectivity index is 1.68. The topological polar surface area (TPSA) is 49.4 Å². The van der Waals surface area contributed by atoms with Crippen molar-refractivity contribution in [1.29, 1.82) is 0 Å². The molecular formula is C20H25IN2O2S. The molecule has 1 N–H and O–H groups in total. The molecule has 0 radical (unpaired) electrons. The monoisotopic (exact) mass is 484 g/mol. The van der Waals surface area contributed by atoms with Crippen LogP contribution in [-0.4, -0.2) is 25.3 Å². The van der Waals surface area contributed by atoms with Gasteiger partial charge in [0.1, 0.15) is 0 Å². The molecule has 2 aromatic rings. The summed E-state index contributed by atoms with van der Waals surface area (Å²) >= 11 is 2.34. The van der Waals surface area contributed by atoms with Gasteiger partial charge in [0.25, 0.3) is 0 Å². The minimum Gasteiger partial charge on any atom is -0.381 e. The van der Waals surface area contributed by atoms with Crippen LogP contribution in [-0.2, 0) is 16.6 Å². The predicted molar refractivity (Wildman–Crippen MR) is 115 cm³/mol. The fourth-order valence-electron chi connectivity index (χ4n) is 3.26. The number of piperidine rings is 1. The van der Waals surface area contributed by atoms with Gasteiger partial charge in [0.2, 0.25) is 10.0 Å². The smallest absolute Gasteiger partial charge is 0.243 e. The molecule has 1 saturated heterocycles. The lowest BCUT2D eigenvalue weighted by atomic mass is 10.1. The van der Waals surface area contributed by atoms with Gasteiger partial charge in [-0.1, -0.05) is 18.6 Å². The van der Waals surface area contributed by atoms with Crippen LogP contribution in [0.1, 0.15) is 37.3 Å². The first-order valence-electron chi connectivity index (χ1n) is 8.99. The lowest BCUT2D eigenvalue weighted by Gasteiger charge is -2.32. The van der Waals surface area contributed by atoms with Gasteiger partial charge >= 0.3 is 0 Å². The van der Waals surface area contributed by atoms with Crippen molar-refractivity contribution in [3.63, 3.8) is 0 Å². The summed E-state index contributed by atoms with van der Waals surface area (Å²) in [5, 5.41) is 3.36. The minimum absolute atomic E-state index is 0.0792. The number of nitrogens with zero attached hydrogens (tertiary/aromatic N) is 1. The summed E-state index contributed by atoms with van der Waals surface area (Å²) < 4.78 is 28.6. The standard InChI is InChI=1S/C20H25IN2O2S/c1-15-6-7-17(13-20(15)21)14-22-18-8-10-19(11-9-18)26(24,25)23-12-4-3-5-16(23)2/h6-11,13,16,22H,3-5,12,14H2,1-2H3. The zero-order valence-corrected chi connectivity index (χ0v) is 18.2. The average molecular weight is 484 g/mol. The molecule has 0 spiro atoms. The number of anilines is 1. The number of rotatable bonds is 5. The first kappa shape index (κ1) is 19.6. The normalized spacial score (nSPS) is 18.7. The maximum Gasteiger partial charge on any atom is 0.243 e. The molecule has 1 unspecified atom stereocenters. The molecule has 0 aromatic heterocycles. The fourth-order valence-corrected chi connectivity index (χ4v) is 5.54. The van der Waals surface area contributed by atoms with E-state index in [-0.39, 0.29) is 6.04 Å². The van der Waals surface area contributed by atoms with Gasteiger partial charge in [0.15, 0.2) is 0 Å². The van der Waals surface area contributed by atoms with Crippen LogP contribution in [0.5, 0.6) is 0 Å². The minimum atomic E-state index is -3.40. The Hall–Kier alpha value is -1.12. The van der Waals surface area contributed by atoms with E-state index in [1.807, 2.05) is 19.1 Å². The Labute approximate surface area is 170 Å². The molecule has 1 atom stereocenters. The molecule has 1 heterocycles. The van der Waals surface area contributed by atoms with E-state index in [1.54, 1.807) is 16.4 Å². The zero-order chi connectivity index (χ0) is 18.7. The lowest BCUT2D eigenvalue weighted by molar-refractivity contribution is 0.268. The Morgan fingerprint density at radius 3 is 2.54 bits per heavy atom. The van der Waals surface area contributed by atoms with Crippen molar-refractivity contribution >= 4 is 38.3 Å². The van der Waals surface area contributed by atoms with Crippen molar-refractivity contribution in [3.8, 4) is 0 Å². The van der Waals surface area contributed by atoms with Crippen LogP contribution in [0.4, 0.5) is 5.69 Å². The maximum absolute atomic E-state index is 12.9. The van der Waals surface area contributed by atoms with Crippen molar-refractivity contribution in [3.05, 3.63) is 57.2 Å². The van der Waals surface area contributed by atoms with Crippen molar-refractivity contribution < 1.29 is 8.42 Å². The van der Waals surface area contributed by atoms with Gasteiger partial charge in [-0.2, -0.15) is 4.31 Å². The highest BCUT2D eigenvalue weighted by Crippen LogP contribution is 2.26. The van der Waals surface area contributed by atoms with Gasteiger partial charge in [-0.15, -0.1) is 0 Å². The van der Waals surface area contributed by atoms with Gasteiger partial charge in [-0.25, -0.2) is 8.42 Å². The van der Waals surface area contributed by atoms with E-state index in [4.69, 9.17) is 0 Å². The number of hydrogen-bond donors (Lipinski definition) is 1. The zero-order valence-electron chi connectivity index (χ0n) is 15.2. The molecule has 2 aromatic carbocycles. The second kappa shape index (κ2) is 8.27. The number of halogens is 1. The third kappa shape index (κ3) is 4.40. The summed E-state index contributed by atoms with van der Waals surface area (Å²) in [7, 11) is -3.40. The Morgan fingerprint density at radius 2 is 1.88 bits per heavy atom. The van der Waals surface area contributed by atoms with E-state index >= 15 is 0 Å². The number of benzene rings is 2. The number of sulfonamides is 1. The van der Waals surface area contributed by atoms with Gasteiger partial charge in [-0.05, 0) is 90.7 Å². The summed E-state index contributed by atoms with van der Waals surface area (Å²) in [6.45, 7) is 5.43. The molecule has 0 bridgehead atoms. The highest BCUT2D eigenvalue weighted by molar-refractivity contribution is 14.1. The lowest BCUT2D eigenvalue weighted by Crippen LogP contribution is -2.41. The quantitative estimate of drug-likeness (QED) is 0.622. The molecular weight excluding hydrogens is 459 g/mol. The van der Waals surface area contributed by atoms with Crippen molar-refractivity contribution in [1.82, 2.24) is 4.31 Å². The van der Waals surface area contributed by atoms with Crippen LogP contribution >= 0.6 is 22.6 Å². The third-order valence-electron chi connectivity index (χ3n) is 4.94. The second-order valence-corrected chi connectivity index (χ2v) is 9.97. The molecule has 3 rings (SSSR count). The van der Waals surface area contributed by atoms with Crippen molar-refractivity contribution in [2.24, 2.45) is 0 Å². The highest BCUT2D eigenvalue weighted by Gasteiger charge is 2.30. The molecule has 6 heteroatoms. The van der Waals surface area contributed by atoms with E-state index in [0.717, 1.165) is 24.9 Å². The molecule has 0 saturated carbocycles. The molecule has 4 nitrogen and oxygen atoms in total. The predicted octanol–water partition coefficient (Wildman–Crippen LogP) is 4.77. The average Bonchev–Trinajstić information content (AvgIpc) is 2.63. The largest absolute Gasteiger partial charge is 0.381 e. The van der Waals surface area contributed by atoms with Crippen LogP contribution in [0.3, 0.4) is 0 Å². The van der Waals surface area contributed by atoms with E-state index in [1.165, 1.54) is 14.7 Å². The Morgan fingerprint density at radius 1 is 1.15 bits per heavy atom. The van der Waals surface area contributed by atoms with Gasteiger partial charge in [0.05, 0.1) is 4.90 Å². The van der Waals surface area contributed by atoms with Crippen molar-refractivity contribution in [2.45, 2.75) is 50.6 Å². The number of nitrogens with one attached hydrogen (secondary N) is 1. The van der Waals surface area contributed by atoms with Crippen LogP contribution in [0.25, 0.3) is 0 Å². The summed E-state index contributed by atoms with van der Waals surface area (Å²) in [6.07, 6.45) is 2.99. The summed E-state index contributed by atoms with van der Waals surface area (Å²) in [6, 6.07) is 13.6. The van der Waals surface area contributed by atoms with Crippen LogP contribution in [0, 0.1) is 10.5 Å². The van der Waals surface area contributed by atoms with E-state index in [9.17, 15) is 8.42 Å². The van der Waals surface area contributed by atoms with Crippen LogP contribution in [0.2, 0.25) is 0 Å². The highest BCUT2D eigenvalue weighted by atomic mass is 127. The number of aryl methyl sites for hydroxylation is 1. The first-order chi connectivity index (χ1) is 12.4. The molecule has 140 valence electrons. The summed E-state index contributed by atoms with van der Waals surface area (Å²) in [5.74, 6) is 0. The fraction of sp³-hybridized carbons (Fsp3) is 0.400. The molecule has 1 aliphatic rings. The SMILES string of the molecule is Cc1ccc(CNc2ccc(S(=O)(=O)N3CCCCC3C)cc2)cc1I. The molecule has 0 aliphatic carbocycles. The number of hydrogen-bond acceptors (Lipinski definition) is 3. The van der Waals surface area contributed by atoms with Gasteiger partial charge < -0.3 is 5.32 Å². The molecule has 0 amide bonds. The summed E-state index contributed by atoms with van der Waals surface area (Å²) in [5.41, 5.74) is 3.40. The van der Waals surface area contributed by atoms with E-state index < -0.39 is 10.0 Å². The maximum atomic E-state index is 12.9. The molecule has 26 heavy (non-hydrogen) atoms. The second-order valence-electron chi connectivity index (χ2n) is 6.92. The molecule has 1 fully saturated rings. The Kier molecular flexibility index (Phi) is 6.25. The van der Waals surface area contributed by atoms with Gasteiger partial charge in [0, 0.05) is 28.4 Å². The van der Waals surface area contributed by atoms with E-state index in [2.05, 4.69) is 53.0 Å². The summed E-state index contributed by atoms with van der Waals surface area (Å²) in [4.78, 5) is 0.377. The van der Waals surface area contributed by atoms with Crippen LogP contribution in [0.15, 0.2) is 47.4 Å². The van der Waals surface area contributed by atoms with Gasteiger partial charge in [-0.3, -0.25) is 0 Å². The first-order valence-corrected chi connectivity index (χ1v) is 11.5. The van der Waals surface area contributed by atoms with E-state index in [0.29, 0.717) is 18.0 Å². The molecule has 1 aliphatic heterocycles. The van der Waals surface area contributed by atoms with Crippen LogP contribution < -0.4 is 5.32 Å².